The summed E-state index contributed by atoms with van der Waals surface area (Å²) < 4.78 is 19.2. The van der Waals surface area contributed by atoms with Crippen molar-refractivity contribution in [2.45, 2.75) is 31.9 Å². The first-order valence-electron chi connectivity index (χ1n) is 8.40. The fourth-order valence-corrected chi connectivity index (χ4v) is 3.83. The molecule has 1 aromatic rings. The number of likely N-dealkylation sites (tertiary alicyclic amines) is 1. The highest BCUT2D eigenvalue weighted by Gasteiger charge is 2.39. The van der Waals surface area contributed by atoms with Crippen LogP contribution >= 0.6 is 0 Å². The SMILES string of the molecule is N#Cc1cc(CN2CCC([C@H]3OCC[C@@H]3C(N)=O)CC2)ccc1F. The summed E-state index contributed by atoms with van der Waals surface area (Å²) in [5, 5.41) is 8.92. The van der Waals surface area contributed by atoms with Crippen molar-refractivity contribution in [3.63, 3.8) is 0 Å². The minimum Gasteiger partial charge on any atom is -0.377 e. The van der Waals surface area contributed by atoms with Crippen LogP contribution in [0.2, 0.25) is 0 Å². The van der Waals surface area contributed by atoms with Crippen molar-refractivity contribution in [3.05, 3.63) is 35.1 Å². The number of halogens is 1. The number of ether oxygens (including phenoxy) is 1. The van der Waals surface area contributed by atoms with E-state index in [1.54, 1.807) is 12.1 Å². The van der Waals surface area contributed by atoms with Gasteiger partial charge in [-0.3, -0.25) is 9.69 Å². The zero-order valence-electron chi connectivity index (χ0n) is 13.6. The topological polar surface area (TPSA) is 79.3 Å². The number of nitriles is 1. The second-order valence-corrected chi connectivity index (χ2v) is 6.67. The Morgan fingerprint density at radius 1 is 1.38 bits per heavy atom. The molecule has 0 radical (unpaired) electrons. The molecular weight excluding hydrogens is 309 g/mol. The van der Waals surface area contributed by atoms with Gasteiger partial charge in [0.1, 0.15) is 11.9 Å². The van der Waals surface area contributed by atoms with E-state index in [1.807, 2.05) is 6.07 Å². The molecule has 2 aliphatic rings. The van der Waals surface area contributed by atoms with Gasteiger partial charge in [-0.25, -0.2) is 4.39 Å². The van der Waals surface area contributed by atoms with E-state index in [1.165, 1.54) is 6.07 Å². The first-order valence-corrected chi connectivity index (χ1v) is 8.40. The molecule has 0 unspecified atom stereocenters. The molecule has 2 aliphatic heterocycles. The lowest BCUT2D eigenvalue weighted by Gasteiger charge is -2.35. The molecule has 2 saturated heterocycles. The summed E-state index contributed by atoms with van der Waals surface area (Å²) in [6, 6.07) is 6.57. The molecule has 2 heterocycles. The van der Waals surface area contributed by atoms with Crippen LogP contribution in [0.4, 0.5) is 4.39 Å². The highest BCUT2D eigenvalue weighted by Crippen LogP contribution is 2.33. The van der Waals surface area contributed by atoms with E-state index in [0.717, 1.165) is 37.9 Å². The van der Waals surface area contributed by atoms with Crippen molar-refractivity contribution in [1.29, 1.82) is 5.26 Å². The molecule has 0 bridgehead atoms. The number of nitrogens with zero attached hydrogens (tertiary/aromatic N) is 2. The van der Waals surface area contributed by atoms with E-state index in [9.17, 15) is 9.18 Å². The number of hydrogen-bond acceptors (Lipinski definition) is 4. The molecule has 5 nitrogen and oxygen atoms in total. The third kappa shape index (κ3) is 3.58. The van der Waals surface area contributed by atoms with Crippen molar-refractivity contribution in [3.8, 4) is 6.07 Å². The van der Waals surface area contributed by atoms with Gasteiger partial charge in [0.15, 0.2) is 0 Å². The lowest BCUT2D eigenvalue weighted by molar-refractivity contribution is -0.124. The van der Waals surface area contributed by atoms with Gasteiger partial charge >= 0.3 is 0 Å². The molecule has 3 rings (SSSR count). The smallest absolute Gasteiger partial charge is 0.223 e. The minimum atomic E-state index is -0.476. The number of piperidine rings is 1. The van der Waals surface area contributed by atoms with Gasteiger partial charge in [0.05, 0.1) is 17.6 Å². The van der Waals surface area contributed by atoms with Crippen LogP contribution in [-0.4, -0.2) is 36.6 Å². The van der Waals surface area contributed by atoms with Gasteiger partial charge in [-0.2, -0.15) is 5.26 Å². The van der Waals surface area contributed by atoms with Gasteiger partial charge in [-0.15, -0.1) is 0 Å². The molecule has 0 aliphatic carbocycles. The summed E-state index contributed by atoms with van der Waals surface area (Å²) in [4.78, 5) is 13.8. The van der Waals surface area contributed by atoms with E-state index in [-0.39, 0.29) is 23.5 Å². The van der Waals surface area contributed by atoms with Crippen molar-refractivity contribution >= 4 is 5.91 Å². The van der Waals surface area contributed by atoms with Crippen molar-refractivity contribution < 1.29 is 13.9 Å². The third-order valence-electron chi connectivity index (χ3n) is 5.16. The van der Waals surface area contributed by atoms with E-state index < -0.39 is 5.82 Å². The van der Waals surface area contributed by atoms with Crippen molar-refractivity contribution in [2.24, 2.45) is 17.6 Å². The van der Waals surface area contributed by atoms with E-state index in [4.69, 9.17) is 15.7 Å². The van der Waals surface area contributed by atoms with Crippen LogP contribution in [0.1, 0.15) is 30.4 Å². The molecule has 128 valence electrons. The van der Waals surface area contributed by atoms with Gasteiger partial charge in [-0.1, -0.05) is 6.07 Å². The first-order chi connectivity index (χ1) is 11.6. The van der Waals surface area contributed by atoms with Gasteiger partial charge in [0.2, 0.25) is 5.91 Å². The molecule has 0 aromatic heterocycles. The predicted molar refractivity (Wildman–Crippen MR) is 86.2 cm³/mol. The van der Waals surface area contributed by atoms with Crippen LogP contribution in [-0.2, 0) is 16.1 Å². The summed E-state index contributed by atoms with van der Waals surface area (Å²) in [5.41, 5.74) is 6.51. The Bertz CT molecular complexity index is 650. The molecule has 2 fully saturated rings. The number of amides is 1. The normalized spacial score (nSPS) is 25.5. The van der Waals surface area contributed by atoms with Gasteiger partial charge in [-0.05, 0) is 56.0 Å². The summed E-state index contributed by atoms with van der Waals surface area (Å²) >= 11 is 0. The molecule has 0 saturated carbocycles. The second kappa shape index (κ2) is 7.29. The molecule has 1 aromatic carbocycles. The molecule has 6 heteroatoms. The highest BCUT2D eigenvalue weighted by molar-refractivity contribution is 5.77. The van der Waals surface area contributed by atoms with Crippen LogP contribution in [0, 0.1) is 29.0 Å². The summed E-state index contributed by atoms with van der Waals surface area (Å²) in [7, 11) is 0. The summed E-state index contributed by atoms with van der Waals surface area (Å²) in [6.45, 7) is 3.11. The largest absolute Gasteiger partial charge is 0.377 e. The zero-order chi connectivity index (χ0) is 17.1. The maximum atomic E-state index is 13.4. The Kier molecular flexibility index (Phi) is 5.12. The van der Waals surface area contributed by atoms with Crippen LogP contribution in [0.5, 0.6) is 0 Å². The maximum Gasteiger partial charge on any atom is 0.223 e. The molecular formula is C18H22FN3O2. The van der Waals surface area contributed by atoms with Crippen LogP contribution in [0.15, 0.2) is 18.2 Å². The summed E-state index contributed by atoms with van der Waals surface area (Å²) in [6.07, 6.45) is 2.61. The standard InChI is InChI=1S/C18H22FN3O2/c19-16-2-1-12(9-14(16)10-20)11-22-6-3-13(4-7-22)17-15(18(21)23)5-8-24-17/h1-2,9,13,15,17H,3-8,11H2,(H2,21,23)/t15-,17+/m0/s1. The maximum absolute atomic E-state index is 13.4. The minimum absolute atomic E-state index is 0.0411. The molecule has 24 heavy (non-hydrogen) atoms. The number of primary amides is 1. The van der Waals surface area contributed by atoms with E-state index >= 15 is 0 Å². The quantitative estimate of drug-likeness (QED) is 0.912. The number of benzene rings is 1. The molecule has 2 atom stereocenters. The number of carbonyl (C=O) groups excluding carboxylic acids is 1. The third-order valence-corrected chi connectivity index (χ3v) is 5.16. The van der Waals surface area contributed by atoms with E-state index in [0.29, 0.717) is 19.1 Å². The summed E-state index contributed by atoms with van der Waals surface area (Å²) in [5.74, 6) is -0.521. The molecule has 2 N–H and O–H groups in total. The number of nitrogens with two attached hydrogens (primary N) is 1. The lowest BCUT2D eigenvalue weighted by Crippen LogP contribution is -2.41. The van der Waals surface area contributed by atoms with Crippen LogP contribution in [0.3, 0.4) is 0 Å². The Hall–Kier alpha value is -1.97. The Labute approximate surface area is 141 Å². The zero-order valence-corrected chi connectivity index (χ0v) is 13.6. The van der Waals surface area contributed by atoms with Gasteiger partial charge < -0.3 is 10.5 Å². The van der Waals surface area contributed by atoms with Gasteiger partial charge in [0, 0.05) is 13.2 Å². The highest BCUT2D eigenvalue weighted by atomic mass is 19.1. The second-order valence-electron chi connectivity index (χ2n) is 6.67. The molecule has 1 amide bonds. The average Bonchev–Trinajstić information content (AvgIpc) is 3.07. The van der Waals surface area contributed by atoms with Crippen molar-refractivity contribution in [2.75, 3.05) is 19.7 Å². The Morgan fingerprint density at radius 3 is 2.79 bits per heavy atom. The number of carbonyl (C=O) groups is 1. The average molecular weight is 331 g/mol. The lowest BCUT2D eigenvalue weighted by atomic mass is 9.84. The monoisotopic (exact) mass is 331 g/mol. The van der Waals surface area contributed by atoms with Crippen molar-refractivity contribution in [1.82, 2.24) is 4.90 Å². The van der Waals surface area contributed by atoms with Crippen LogP contribution < -0.4 is 5.73 Å². The number of hydrogen-bond donors (Lipinski definition) is 1. The van der Waals surface area contributed by atoms with E-state index in [2.05, 4.69) is 4.90 Å². The number of rotatable bonds is 4. The molecule has 0 spiro atoms. The first kappa shape index (κ1) is 16.9. The van der Waals surface area contributed by atoms with Gasteiger partial charge in [0.25, 0.3) is 0 Å². The predicted octanol–water partition coefficient (Wildman–Crippen LogP) is 1.80. The Morgan fingerprint density at radius 2 is 2.12 bits per heavy atom. The fourth-order valence-electron chi connectivity index (χ4n) is 3.83. The fraction of sp³-hybridized carbons (Fsp3) is 0.556. The van der Waals surface area contributed by atoms with Crippen LogP contribution in [0.25, 0.3) is 0 Å². The Balaban J connectivity index is 1.56.